The maximum absolute atomic E-state index is 12.9. The number of sulfonamides is 1. The fourth-order valence-electron chi connectivity index (χ4n) is 3.57. The average Bonchev–Trinajstić information content (AvgIpc) is 3.06. The molecule has 0 unspecified atom stereocenters. The molecule has 0 aromatic heterocycles. The number of rotatable bonds is 6. The third-order valence-corrected chi connectivity index (χ3v) is 6.53. The van der Waals surface area contributed by atoms with Gasteiger partial charge in [0.25, 0.3) is 0 Å². The summed E-state index contributed by atoms with van der Waals surface area (Å²) in [6, 6.07) is 12.3. The third-order valence-electron chi connectivity index (χ3n) is 5.04. The fourth-order valence-corrected chi connectivity index (χ4v) is 4.86. The zero-order valence-corrected chi connectivity index (χ0v) is 16.8. The first kappa shape index (κ1) is 19.6. The highest BCUT2D eigenvalue weighted by Gasteiger charge is 2.24. The smallest absolute Gasteiger partial charge is 0.241 e. The van der Waals surface area contributed by atoms with Crippen molar-refractivity contribution < 1.29 is 13.2 Å². The summed E-state index contributed by atoms with van der Waals surface area (Å²) in [4.78, 5) is 13.8. The minimum Gasteiger partial charge on any atom is -0.312 e. The number of carbonyl (C=O) groups excluding carboxylic acids is 1. The molecule has 0 spiro atoms. The van der Waals surface area contributed by atoms with Crippen LogP contribution in [0.2, 0.25) is 0 Å². The standard InChI is InChI=1S/C21H26N2O3S/c1-4-20(19-12-7-15(2)14-16(19)3)22-27(25,26)18-10-8-17(9-11-18)23-13-5-6-21(23)24/h7-12,14,20,22H,4-6,13H2,1-3H3/t20-/m1/s1. The largest absolute Gasteiger partial charge is 0.312 e. The summed E-state index contributed by atoms with van der Waals surface area (Å²) in [7, 11) is -3.65. The molecule has 1 saturated heterocycles. The number of nitrogens with one attached hydrogen (secondary N) is 1. The van der Waals surface area contributed by atoms with Crippen LogP contribution in [-0.4, -0.2) is 20.9 Å². The maximum atomic E-state index is 12.9. The van der Waals surface area contributed by atoms with Crippen molar-refractivity contribution in [3.63, 3.8) is 0 Å². The van der Waals surface area contributed by atoms with Gasteiger partial charge in [-0.25, -0.2) is 13.1 Å². The molecule has 5 nitrogen and oxygen atoms in total. The first-order chi connectivity index (χ1) is 12.8. The van der Waals surface area contributed by atoms with E-state index >= 15 is 0 Å². The zero-order valence-electron chi connectivity index (χ0n) is 16.0. The van der Waals surface area contributed by atoms with Crippen LogP contribution in [-0.2, 0) is 14.8 Å². The lowest BCUT2D eigenvalue weighted by Crippen LogP contribution is -2.29. The quantitative estimate of drug-likeness (QED) is 0.820. The number of nitrogens with zero attached hydrogens (tertiary/aromatic N) is 1. The van der Waals surface area contributed by atoms with Gasteiger partial charge in [-0.2, -0.15) is 0 Å². The van der Waals surface area contributed by atoms with Crippen LogP contribution in [0, 0.1) is 13.8 Å². The van der Waals surface area contributed by atoms with Gasteiger partial charge in [0.05, 0.1) is 4.90 Å². The summed E-state index contributed by atoms with van der Waals surface area (Å²) in [6.07, 6.45) is 2.05. The van der Waals surface area contributed by atoms with Crippen LogP contribution in [0.4, 0.5) is 5.69 Å². The maximum Gasteiger partial charge on any atom is 0.241 e. The van der Waals surface area contributed by atoms with Crippen molar-refractivity contribution in [2.75, 3.05) is 11.4 Å². The predicted octanol–water partition coefficient (Wildman–Crippen LogP) is 3.86. The van der Waals surface area contributed by atoms with Crippen molar-refractivity contribution in [3.8, 4) is 0 Å². The van der Waals surface area contributed by atoms with E-state index in [9.17, 15) is 13.2 Å². The Kier molecular flexibility index (Phi) is 5.67. The van der Waals surface area contributed by atoms with Crippen LogP contribution in [0.25, 0.3) is 0 Å². The molecule has 1 amide bonds. The first-order valence-electron chi connectivity index (χ1n) is 9.31. The van der Waals surface area contributed by atoms with Crippen LogP contribution in [0.15, 0.2) is 47.4 Å². The van der Waals surface area contributed by atoms with Gasteiger partial charge in [0, 0.05) is 24.7 Å². The lowest BCUT2D eigenvalue weighted by molar-refractivity contribution is -0.117. The van der Waals surface area contributed by atoms with Crippen LogP contribution >= 0.6 is 0 Å². The molecule has 0 bridgehead atoms. The van der Waals surface area contributed by atoms with E-state index in [0.29, 0.717) is 19.4 Å². The number of amides is 1. The van der Waals surface area contributed by atoms with E-state index in [1.54, 1.807) is 29.2 Å². The van der Waals surface area contributed by atoms with Gasteiger partial charge in [0.15, 0.2) is 0 Å². The monoisotopic (exact) mass is 386 g/mol. The highest BCUT2D eigenvalue weighted by atomic mass is 32.2. The molecule has 0 saturated carbocycles. The number of carbonyl (C=O) groups is 1. The summed E-state index contributed by atoms with van der Waals surface area (Å²) in [5, 5.41) is 0. The van der Waals surface area contributed by atoms with Gasteiger partial charge in [-0.05, 0) is 62.1 Å². The van der Waals surface area contributed by atoms with Crippen molar-refractivity contribution in [1.82, 2.24) is 4.72 Å². The van der Waals surface area contributed by atoms with Crippen LogP contribution in [0.1, 0.15) is 48.9 Å². The third kappa shape index (κ3) is 4.22. The Morgan fingerprint density at radius 1 is 1.11 bits per heavy atom. The van der Waals surface area contributed by atoms with Crippen molar-refractivity contribution in [2.45, 2.75) is 51.0 Å². The number of benzene rings is 2. The van der Waals surface area contributed by atoms with Gasteiger partial charge in [0.1, 0.15) is 0 Å². The van der Waals surface area contributed by atoms with Gasteiger partial charge < -0.3 is 4.90 Å². The second-order valence-electron chi connectivity index (χ2n) is 7.08. The molecule has 1 aliphatic heterocycles. The van der Waals surface area contributed by atoms with E-state index in [1.807, 2.05) is 32.9 Å². The van der Waals surface area contributed by atoms with E-state index in [0.717, 1.165) is 28.8 Å². The Hall–Kier alpha value is -2.18. The average molecular weight is 387 g/mol. The van der Waals surface area contributed by atoms with Crippen LogP contribution in [0.5, 0.6) is 0 Å². The van der Waals surface area contributed by atoms with Gasteiger partial charge in [-0.3, -0.25) is 4.79 Å². The minimum absolute atomic E-state index is 0.0876. The normalized spacial score (nSPS) is 16.0. The number of hydrogen-bond donors (Lipinski definition) is 1. The first-order valence-corrected chi connectivity index (χ1v) is 10.8. The topological polar surface area (TPSA) is 66.5 Å². The number of aryl methyl sites for hydroxylation is 2. The molecule has 0 radical (unpaired) electrons. The van der Waals surface area contributed by atoms with E-state index in [-0.39, 0.29) is 16.8 Å². The minimum atomic E-state index is -3.65. The Labute approximate surface area is 161 Å². The lowest BCUT2D eigenvalue weighted by atomic mass is 9.98. The molecule has 2 aromatic rings. The lowest BCUT2D eigenvalue weighted by Gasteiger charge is -2.20. The molecule has 1 atom stereocenters. The highest BCUT2D eigenvalue weighted by molar-refractivity contribution is 7.89. The molecule has 1 fully saturated rings. The number of hydrogen-bond acceptors (Lipinski definition) is 3. The molecule has 0 aliphatic carbocycles. The molecule has 27 heavy (non-hydrogen) atoms. The van der Waals surface area contributed by atoms with E-state index in [4.69, 9.17) is 0 Å². The van der Waals surface area contributed by atoms with Gasteiger partial charge in [-0.1, -0.05) is 30.7 Å². The van der Waals surface area contributed by atoms with E-state index in [2.05, 4.69) is 10.8 Å². The predicted molar refractivity (Wildman–Crippen MR) is 107 cm³/mol. The molecular formula is C21H26N2O3S. The van der Waals surface area contributed by atoms with Crippen LogP contribution < -0.4 is 9.62 Å². The Bertz CT molecular complexity index is 936. The fraction of sp³-hybridized carbons (Fsp3) is 0.381. The zero-order chi connectivity index (χ0) is 19.6. The van der Waals surface area contributed by atoms with Crippen molar-refractivity contribution in [2.24, 2.45) is 0 Å². The highest BCUT2D eigenvalue weighted by Crippen LogP contribution is 2.26. The summed E-state index contributed by atoms with van der Waals surface area (Å²) < 4.78 is 28.5. The molecular weight excluding hydrogens is 360 g/mol. The second-order valence-corrected chi connectivity index (χ2v) is 8.80. The number of anilines is 1. The van der Waals surface area contributed by atoms with Crippen molar-refractivity contribution in [1.29, 1.82) is 0 Å². The SMILES string of the molecule is CC[C@@H](NS(=O)(=O)c1ccc(N2CCCC2=O)cc1)c1ccc(C)cc1C. The van der Waals surface area contributed by atoms with Crippen molar-refractivity contribution >= 4 is 21.6 Å². The molecule has 144 valence electrons. The molecule has 3 rings (SSSR count). The Morgan fingerprint density at radius 2 is 1.81 bits per heavy atom. The van der Waals surface area contributed by atoms with Gasteiger partial charge in [-0.15, -0.1) is 0 Å². The van der Waals surface area contributed by atoms with Crippen molar-refractivity contribution in [3.05, 3.63) is 59.2 Å². The summed E-state index contributed by atoms with van der Waals surface area (Å²) in [5.41, 5.74) is 3.97. The molecule has 1 aliphatic rings. The van der Waals surface area contributed by atoms with E-state index < -0.39 is 10.0 Å². The summed E-state index contributed by atoms with van der Waals surface area (Å²) in [5.74, 6) is 0.0876. The van der Waals surface area contributed by atoms with E-state index in [1.165, 1.54) is 0 Å². The van der Waals surface area contributed by atoms with Crippen LogP contribution in [0.3, 0.4) is 0 Å². The Morgan fingerprint density at radius 3 is 2.37 bits per heavy atom. The van der Waals surface area contributed by atoms with Gasteiger partial charge >= 0.3 is 0 Å². The van der Waals surface area contributed by atoms with Gasteiger partial charge in [0.2, 0.25) is 15.9 Å². The molecule has 1 heterocycles. The summed E-state index contributed by atoms with van der Waals surface area (Å²) in [6.45, 7) is 6.68. The molecule has 2 aromatic carbocycles. The Balaban J connectivity index is 1.81. The molecule has 6 heteroatoms. The second kappa shape index (κ2) is 7.82. The summed E-state index contributed by atoms with van der Waals surface area (Å²) >= 11 is 0. The molecule has 1 N–H and O–H groups in total.